The van der Waals surface area contributed by atoms with Crippen molar-refractivity contribution < 1.29 is 24.0 Å². The van der Waals surface area contributed by atoms with Crippen molar-refractivity contribution >= 4 is 0 Å². The Kier molecular flexibility index (Phi) is 3.85. The van der Waals surface area contributed by atoms with Crippen molar-refractivity contribution in [1.82, 2.24) is 10.1 Å². The molecule has 0 aliphatic carbocycles. The Labute approximate surface area is 125 Å². The zero-order chi connectivity index (χ0) is 17.2. The highest BCUT2D eigenvalue weighted by atomic mass is 16.7. The van der Waals surface area contributed by atoms with Gasteiger partial charge < -0.3 is 9.26 Å². The first-order chi connectivity index (χ1) is 10.8. The lowest BCUT2D eigenvalue weighted by molar-refractivity contribution is -0.989. The molecule has 0 atom stereocenters. The fraction of sp³-hybridized carbons (Fsp3) is 0.200. The molecule has 0 aliphatic rings. The molecule has 1 heterocycles. The number of methoxy groups -OCH3 is 1. The molecule has 0 aliphatic heterocycles. The lowest BCUT2D eigenvalue weighted by Gasteiger charge is -2.03. The summed E-state index contributed by atoms with van der Waals surface area (Å²) in [7, 11) is 1.43. The van der Waals surface area contributed by atoms with E-state index in [-0.39, 0.29) is 11.4 Å². The van der Waals surface area contributed by atoms with Crippen molar-refractivity contribution in [2.24, 2.45) is 0 Å². The van der Waals surface area contributed by atoms with Crippen LogP contribution in [0.4, 0.5) is 0 Å². The predicted octanol–water partition coefficient (Wildman–Crippen LogP) is 0.686. The van der Waals surface area contributed by atoms with Gasteiger partial charge in [-0.25, -0.2) is 0 Å². The summed E-state index contributed by atoms with van der Waals surface area (Å²) in [4.78, 5) is 31.0. The third-order valence-corrected chi connectivity index (χ3v) is 2.82. The van der Waals surface area contributed by atoms with Gasteiger partial charge in [-0.05, 0) is 24.3 Å². The van der Waals surface area contributed by atoms with Crippen LogP contribution in [0.15, 0.2) is 28.8 Å². The average Bonchev–Trinajstić information content (AvgIpc) is 2.96. The second kappa shape index (κ2) is 5.63. The normalized spacial score (nSPS) is 11.0. The van der Waals surface area contributed by atoms with Crippen molar-refractivity contribution in [3.05, 3.63) is 60.5 Å². The largest absolute Gasteiger partial charge is 0.782 e. The van der Waals surface area contributed by atoms with Crippen LogP contribution in [0.5, 0.6) is 5.75 Å². The Balaban J connectivity index is 2.52. The lowest BCUT2D eigenvalue weighted by atomic mass is 10.2. The second-order valence-electron chi connectivity index (χ2n) is 4.06. The van der Waals surface area contributed by atoms with Gasteiger partial charge in [0, 0.05) is 5.56 Å². The topological polar surface area (TPSA) is 178 Å². The Morgan fingerprint density at radius 1 is 1.04 bits per heavy atom. The molecule has 0 saturated carbocycles. The highest BCUT2D eigenvalue weighted by molar-refractivity contribution is 5.55. The third kappa shape index (κ3) is 2.39. The molecule has 0 radical (unpaired) electrons. The Hall–Kier alpha value is -3.64. The quantitative estimate of drug-likeness (QED) is 0.416. The van der Waals surface area contributed by atoms with Gasteiger partial charge >= 0.3 is 11.7 Å². The Morgan fingerprint density at radius 2 is 1.57 bits per heavy atom. The molecule has 120 valence electrons. The van der Waals surface area contributed by atoms with Crippen LogP contribution in [0, 0.1) is 30.3 Å². The van der Waals surface area contributed by atoms with Crippen molar-refractivity contribution in [3.8, 4) is 17.1 Å². The SMILES string of the molecule is COc1ccc(-c2noc(C([N+](=O)[O-])([N+](=O)[O-])[N+](=O)[O-])n2)cc1. The molecule has 0 bridgehead atoms. The molecular weight excluding hydrogens is 318 g/mol. The molecule has 1 aromatic carbocycles. The molecule has 0 spiro atoms. The molecule has 0 amide bonds. The van der Waals surface area contributed by atoms with Gasteiger partial charge in [-0.1, -0.05) is 5.16 Å². The van der Waals surface area contributed by atoms with E-state index in [0.717, 1.165) is 0 Å². The number of nitrogens with zero attached hydrogens (tertiary/aromatic N) is 5. The predicted molar refractivity (Wildman–Crippen MR) is 68.9 cm³/mol. The molecule has 0 N–H and O–H groups in total. The zero-order valence-electron chi connectivity index (χ0n) is 11.3. The van der Waals surface area contributed by atoms with Gasteiger partial charge in [-0.2, -0.15) is 4.98 Å². The van der Waals surface area contributed by atoms with E-state index in [1.165, 1.54) is 31.4 Å². The molecule has 13 nitrogen and oxygen atoms in total. The number of nitro groups is 3. The van der Waals surface area contributed by atoms with Crippen LogP contribution in [0.1, 0.15) is 5.89 Å². The number of hydrogen-bond donors (Lipinski definition) is 0. The summed E-state index contributed by atoms with van der Waals surface area (Å²) in [5.74, 6) is -5.11. The molecular formula is C10H7N5O8. The minimum atomic E-state index is -3.96. The van der Waals surface area contributed by atoms with Crippen molar-refractivity contribution in [3.63, 3.8) is 0 Å². The molecule has 2 aromatic rings. The fourth-order valence-electron chi connectivity index (χ4n) is 1.65. The summed E-state index contributed by atoms with van der Waals surface area (Å²) in [6.45, 7) is 0. The highest BCUT2D eigenvalue weighted by Crippen LogP contribution is 2.28. The maximum Gasteiger partial charge on any atom is 0.782 e. The van der Waals surface area contributed by atoms with E-state index in [4.69, 9.17) is 4.74 Å². The van der Waals surface area contributed by atoms with Gasteiger partial charge in [0.15, 0.2) is 14.8 Å². The van der Waals surface area contributed by atoms with Crippen molar-refractivity contribution in [2.75, 3.05) is 7.11 Å². The summed E-state index contributed by atoms with van der Waals surface area (Å²) in [6.07, 6.45) is 0. The summed E-state index contributed by atoms with van der Waals surface area (Å²) in [5.41, 5.74) is 0.268. The summed E-state index contributed by atoms with van der Waals surface area (Å²) < 4.78 is 9.33. The molecule has 2 rings (SSSR count). The molecule has 0 unspecified atom stereocenters. The van der Waals surface area contributed by atoms with E-state index in [0.29, 0.717) is 5.75 Å². The summed E-state index contributed by atoms with van der Waals surface area (Å²) in [5, 5.41) is 36.1. The molecule has 0 saturated heterocycles. The molecule has 13 heteroatoms. The van der Waals surface area contributed by atoms with Gasteiger partial charge in [0.25, 0.3) is 0 Å². The molecule has 1 aromatic heterocycles. The third-order valence-electron chi connectivity index (χ3n) is 2.82. The first-order valence-electron chi connectivity index (χ1n) is 5.76. The van der Waals surface area contributed by atoms with Crippen LogP contribution in [-0.4, -0.2) is 32.0 Å². The maximum atomic E-state index is 10.9. The van der Waals surface area contributed by atoms with Crippen LogP contribution >= 0.6 is 0 Å². The first kappa shape index (κ1) is 15.7. The summed E-state index contributed by atoms with van der Waals surface area (Å²) >= 11 is 0. The number of aromatic nitrogens is 2. The molecule has 23 heavy (non-hydrogen) atoms. The van der Waals surface area contributed by atoms with E-state index in [2.05, 4.69) is 14.7 Å². The zero-order valence-corrected chi connectivity index (χ0v) is 11.3. The van der Waals surface area contributed by atoms with E-state index in [1.54, 1.807) is 0 Å². The van der Waals surface area contributed by atoms with Crippen molar-refractivity contribution in [2.45, 2.75) is 5.79 Å². The maximum absolute atomic E-state index is 10.9. The highest BCUT2D eigenvalue weighted by Gasteiger charge is 2.78. The van der Waals surface area contributed by atoms with E-state index < -0.39 is 26.4 Å². The number of rotatable bonds is 6. The van der Waals surface area contributed by atoms with Crippen LogP contribution in [0.3, 0.4) is 0 Å². The monoisotopic (exact) mass is 325 g/mol. The van der Waals surface area contributed by atoms with Gasteiger partial charge in [-0.15, -0.1) is 0 Å². The summed E-state index contributed by atoms with van der Waals surface area (Å²) in [6, 6.07) is 5.90. The lowest BCUT2D eigenvalue weighted by Crippen LogP contribution is -2.50. The standard InChI is InChI=1S/C10H7N5O8/c1-22-7-4-2-6(3-5-7)8-11-9(23-12-8)10(13(16)17,14(18)19)15(20)21/h2-5H,1H3. The minimum Gasteiger partial charge on any atom is -0.497 e. The van der Waals surface area contributed by atoms with Gasteiger partial charge in [-0.3, -0.25) is 30.3 Å². The van der Waals surface area contributed by atoms with Crippen LogP contribution in [0.2, 0.25) is 0 Å². The van der Waals surface area contributed by atoms with Gasteiger partial charge in [0.05, 0.1) is 7.11 Å². The van der Waals surface area contributed by atoms with E-state index in [1.807, 2.05) is 0 Å². The van der Waals surface area contributed by atoms with Crippen LogP contribution in [-0.2, 0) is 5.79 Å². The number of hydrogen-bond acceptors (Lipinski definition) is 10. The average molecular weight is 325 g/mol. The smallest absolute Gasteiger partial charge is 0.497 e. The minimum absolute atomic E-state index is 0.268. The molecule has 0 fully saturated rings. The van der Waals surface area contributed by atoms with Gasteiger partial charge in [0.1, 0.15) is 5.75 Å². The first-order valence-corrected chi connectivity index (χ1v) is 5.76. The number of benzene rings is 1. The Bertz CT molecular complexity index is 734. The van der Waals surface area contributed by atoms with E-state index >= 15 is 0 Å². The van der Waals surface area contributed by atoms with Crippen LogP contribution in [0.25, 0.3) is 11.4 Å². The van der Waals surface area contributed by atoms with Crippen molar-refractivity contribution in [1.29, 1.82) is 0 Å². The Morgan fingerprint density at radius 3 is 2.00 bits per heavy atom. The van der Waals surface area contributed by atoms with Crippen LogP contribution < -0.4 is 4.74 Å². The van der Waals surface area contributed by atoms with E-state index in [9.17, 15) is 30.3 Å². The second-order valence-corrected chi connectivity index (χ2v) is 4.06. The number of ether oxygens (including phenoxy) is 1. The fourth-order valence-corrected chi connectivity index (χ4v) is 1.65. The van der Waals surface area contributed by atoms with Gasteiger partial charge in [0.2, 0.25) is 5.82 Å².